The van der Waals surface area contributed by atoms with Gasteiger partial charge in [0.2, 0.25) is 16.1 Å². The van der Waals surface area contributed by atoms with Gasteiger partial charge >= 0.3 is 5.97 Å². The fourth-order valence-corrected chi connectivity index (χ4v) is 6.39. The summed E-state index contributed by atoms with van der Waals surface area (Å²) in [5, 5.41) is 11.9. The molecule has 2 atom stereocenters. The van der Waals surface area contributed by atoms with Crippen LogP contribution in [0.5, 0.6) is 5.75 Å². The normalized spacial score (nSPS) is 12.2. The van der Waals surface area contributed by atoms with Crippen LogP contribution in [-0.2, 0) is 22.6 Å². The van der Waals surface area contributed by atoms with E-state index in [1.54, 1.807) is 91.9 Å². The topological polar surface area (TPSA) is 110 Å². The zero-order chi connectivity index (χ0) is 30.6. The van der Waals surface area contributed by atoms with Crippen molar-refractivity contribution >= 4 is 45.6 Å². The average molecular weight is 614 g/mol. The molecular formula is C34H31NO6S2. The summed E-state index contributed by atoms with van der Waals surface area (Å²) in [5.74, 6) is -1.99. The zero-order valence-corrected chi connectivity index (χ0v) is 25.1. The van der Waals surface area contributed by atoms with Crippen molar-refractivity contribution in [2.45, 2.75) is 30.6 Å². The van der Waals surface area contributed by atoms with Crippen molar-refractivity contribution < 1.29 is 29.0 Å². The van der Waals surface area contributed by atoms with Gasteiger partial charge in [-0.2, -0.15) is 0 Å². The Bertz CT molecular complexity index is 1460. The first-order valence-corrected chi connectivity index (χ1v) is 15.4. The smallest absolute Gasteiger partial charge is 0.326 e. The Labute approximate surface area is 259 Å². The number of aliphatic carboxylic acids is 1. The van der Waals surface area contributed by atoms with Crippen LogP contribution < -0.4 is 10.1 Å². The average Bonchev–Trinajstić information content (AvgIpc) is 3.04. The molecule has 0 bridgehead atoms. The molecule has 220 valence electrons. The third-order valence-electron chi connectivity index (χ3n) is 6.51. The van der Waals surface area contributed by atoms with E-state index in [1.165, 1.54) is 0 Å². The highest BCUT2D eigenvalue weighted by molar-refractivity contribution is 8.30. The van der Waals surface area contributed by atoms with Gasteiger partial charge in [-0.3, -0.25) is 14.4 Å². The third kappa shape index (κ3) is 9.59. The molecule has 1 unspecified atom stereocenters. The molecule has 4 aromatic carbocycles. The minimum absolute atomic E-state index is 0.0452. The predicted molar refractivity (Wildman–Crippen MR) is 170 cm³/mol. The lowest BCUT2D eigenvalue weighted by molar-refractivity contribution is -0.142. The van der Waals surface area contributed by atoms with Crippen molar-refractivity contribution in [3.63, 3.8) is 0 Å². The second kappa shape index (κ2) is 15.8. The van der Waals surface area contributed by atoms with Gasteiger partial charge in [-0.05, 0) is 23.3 Å². The van der Waals surface area contributed by atoms with Crippen molar-refractivity contribution in [2.24, 2.45) is 5.92 Å². The molecule has 0 aliphatic carbocycles. The number of rotatable bonds is 13. The number of hydrogen-bond acceptors (Lipinski definition) is 7. The molecule has 0 aromatic heterocycles. The van der Waals surface area contributed by atoms with Gasteiger partial charge in [-0.1, -0.05) is 134 Å². The first kappa shape index (κ1) is 31.6. The molecule has 43 heavy (non-hydrogen) atoms. The monoisotopic (exact) mass is 613 g/mol. The molecule has 4 aromatic rings. The number of thioether (sulfide) groups is 2. The quantitative estimate of drug-likeness (QED) is 0.165. The molecule has 7 nitrogen and oxygen atoms in total. The summed E-state index contributed by atoms with van der Waals surface area (Å²) in [6, 6.07) is 32.8. The molecule has 1 amide bonds. The maximum atomic E-state index is 13.4. The Morgan fingerprint density at radius 3 is 1.67 bits per heavy atom. The molecule has 4 rings (SSSR count). The lowest BCUT2D eigenvalue weighted by Gasteiger charge is -2.23. The largest absolute Gasteiger partial charge is 0.489 e. The summed E-state index contributed by atoms with van der Waals surface area (Å²) in [4.78, 5) is 51.5. The Balaban J connectivity index is 1.42. The maximum absolute atomic E-state index is 13.4. The lowest BCUT2D eigenvalue weighted by atomic mass is 10.0. The van der Waals surface area contributed by atoms with Crippen LogP contribution in [-0.4, -0.2) is 37.8 Å². The number of ether oxygens (including phenoxy) is 1. The molecule has 0 aliphatic heterocycles. The van der Waals surface area contributed by atoms with Gasteiger partial charge in [0.05, 0.1) is 10.5 Å². The standard InChI is InChI=1S/C34H31NO6S2/c1-23(34(42-32(39)26-13-7-3-8-14-26)43-33(40)27-15-9-4-10-16-27)30(36)35-29(31(37)38)21-24-17-19-28(20-18-24)41-22-25-11-5-2-6-12-25/h2-20,23,29,34H,21-22H2,1H3,(H,35,36)(H,37,38)/t23?,29-/m0/s1. The van der Waals surface area contributed by atoms with E-state index in [-0.39, 0.29) is 16.7 Å². The van der Waals surface area contributed by atoms with E-state index >= 15 is 0 Å². The van der Waals surface area contributed by atoms with Crippen LogP contribution in [0.15, 0.2) is 115 Å². The minimum Gasteiger partial charge on any atom is -0.489 e. The summed E-state index contributed by atoms with van der Waals surface area (Å²) in [6.07, 6.45) is 0.0452. The van der Waals surface area contributed by atoms with Gasteiger partial charge in [0.1, 0.15) is 18.4 Å². The van der Waals surface area contributed by atoms with Crippen LogP contribution in [0.25, 0.3) is 0 Å². The van der Waals surface area contributed by atoms with Gasteiger partial charge in [-0.25, -0.2) is 4.79 Å². The second-order valence-electron chi connectivity index (χ2n) is 9.72. The highest BCUT2D eigenvalue weighted by Crippen LogP contribution is 2.35. The molecule has 0 saturated heterocycles. The van der Waals surface area contributed by atoms with Crippen LogP contribution in [0.3, 0.4) is 0 Å². The summed E-state index contributed by atoms with van der Waals surface area (Å²) >= 11 is 1.76. The first-order valence-electron chi connectivity index (χ1n) is 13.6. The van der Waals surface area contributed by atoms with Crippen molar-refractivity contribution in [3.05, 3.63) is 138 Å². The Morgan fingerprint density at radius 1 is 0.698 bits per heavy atom. The van der Waals surface area contributed by atoms with Crippen LogP contribution in [0.1, 0.15) is 38.8 Å². The number of carbonyl (C=O) groups is 4. The number of carbonyl (C=O) groups excluding carboxylic acids is 3. The zero-order valence-electron chi connectivity index (χ0n) is 23.4. The number of amides is 1. The molecule has 0 spiro atoms. The van der Waals surface area contributed by atoms with Gasteiger partial charge in [0.25, 0.3) is 0 Å². The second-order valence-corrected chi connectivity index (χ2v) is 12.2. The van der Waals surface area contributed by atoms with Crippen molar-refractivity contribution in [3.8, 4) is 5.75 Å². The molecule has 2 N–H and O–H groups in total. The van der Waals surface area contributed by atoms with E-state index in [9.17, 15) is 24.3 Å². The fourth-order valence-electron chi connectivity index (χ4n) is 4.05. The van der Waals surface area contributed by atoms with Crippen LogP contribution in [0.2, 0.25) is 0 Å². The summed E-state index contributed by atoms with van der Waals surface area (Å²) in [6.45, 7) is 2.00. The fraction of sp³-hybridized carbons (Fsp3) is 0.176. The maximum Gasteiger partial charge on any atom is 0.326 e. The molecule has 9 heteroatoms. The van der Waals surface area contributed by atoms with Crippen molar-refractivity contribution in [1.82, 2.24) is 5.32 Å². The van der Waals surface area contributed by atoms with E-state index in [0.717, 1.165) is 29.1 Å². The van der Waals surface area contributed by atoms with E-state index in [2.05, 4.69) is 5.32 Å². The Morgan fingerprint density at radius 2 is 1.19 bits per heavy atom. The molecular weight excluding hydrogens is 583 g/mol. The number of hydrogen-bond donors (Lipinski definition) is 2. The van der Waals surface area contributed by atoms with Crippen molar-refractivity contribution in [1.29, 1.82) is 0 Å². The van der Waals surface area contributed by atoms with Crippen LogP contribution >= 0.6 is 23.5 Å². The van der Waals surface area contributed by atoms with Gasteiger partial charge in [-0.15, -0.1) is 0 Å². The molecule has 0 saturated carbocycles. The lowest BCUT2D eigenvalue weighted by Crippen LogP contribution is -2.46. The molecule has 0 aliphatic rings. The van der Waals surface area contributed by atoms with Gasteiger partial charge in [0, 0.05) is 17.5 Å². The molecule has 0 heterocycles. The molecule has 0 fully saturated rings. The van der Waals surface area contributed by atoms with Gasteiger partial charge < -0.3 is 15.2 Å². The number of carboxylic acid groups (broad SMARTS) is 1. The first-order chi connectivity index (χ1) is 20.8. The highest BCUT2D eigenvalue weighted by atomic mass is 32.2. The summed E-state index contributed by atoms with van der Waals surface area (Å²) in [5.41, 5.74) is 2.61. The minimum atomic E-state index is -1.21. The number of benzene rings is 4. The van der Waals surface area contributed by atoms with E-state index in [4.69, 9.17) is 4.74 Å². The summed E-state index contributed by atoms with van der Waals surface area (Å²) < 4.78 is 5.01. The van der Waals surface area contributed by atoms with Gasteiger partial charge in [0.15, 0.2) is 0 Å². The third-order valence-corrected chi connectivity index (χ3v) is 9.27. The Kier molecular flexibility index (Phi) is 11.6. The SMILES string of the molecule is CC(C(=O)N[C@@H](Cc1ccc(OCc2ccccc2)cc1)C(=O)O)C(SC(=O)c1ccccc1)SC(=O)c1ccccc1. The van der Waals surface area contributed by atoms with E-state index < -0.39 is 28.4 Å². The summed E-state index contributed by atoms with van der Waals surface area (Å²) in [7, 11) is 0. The number of carboxylic acids is 1. The van der Waals surface area contributed by atoms with Crippen LogP contribution in [0, 0.1) is 5.92 Å². The molecule has 0 radical (unpaired) electrons. The Hall–Kier alpha value is -4.34. The van der Waals surface area contributed by atoms with Crippen molar-refractivity contribution in [2.75, 3.05) is 0 Å². The number of nitrogens with one attached hydrogen (secondary N) is 1. The highest BCUT2D eigenvalue weighted by Gasteiger charge is 2.33. The predicted octanol–water partition coefficient (Wildman–Crippen LogP) is 6.49. The van der Waals surface area contributed by atoms with Crippen LogP contribution in [0.4, 0.5) is 0 Å². The van der Waals surface area contributed by atoms with E-state index in [1.807, 2.05) is 30.3 Å². The van der Waals surface area contributed by atoms with E-state index in [0.29, 0.717) is 29.0 Å².